The first-order valence-electron chi connectivity index (χ1n) is 9.42. The van der Waals surface area contributed by atoms with E-state index in [-0.39, 0.29) is 5.91 Å². The average molecular weight is 386 g/mol. The summed E-state index contributed by atoms with van der Waals surface area (Å²) in [4.78, 5) is 21.8. The third-order valence-electron chi connectivity index (χ3n) is 4.85. The van der Waals surface area contributed by atoms with Crippen LogP contribution in [0.25, 0.3) is 11.2 Å². The Hall–Kier alpha value is -3.67. The van der Waals surface area contributed by atoms with Gasteiger partial charge in [0.2, 0.25) is 0 Å². The van der Waals surface area contributed by atoms with E-state index in [9.17, 15) is 4.79 Å². The molecule has 6 heteroatoms. The number of carbonyl (C=O) groups is 1. The van der Waals surface area contributed by atoms with Gasteiger partial charge in [-0.1, -0.05) is 30.3 Å². The number of benzene rings is 2. The van der Waals surface area contributed by atoms with Gasteiger partial charge in [-0.05, 0) is 48.4 Å². The summed E-state index contributed by atoms with van der Waals surface area (Å²) < 4.78 is 7.36. The molecule has 0 aliphatic rings. The van der Waals surface area contributed by atoms with Crippen molar-refractivity contribution in [1.29, 1.82) is 0 Å². The molecule has 2 heterocycles. The molecule has 0 spiro atoms. The van der Waals surface area contributed by atoms with Crippen LogP contribution in [0.4, 0.5) is 0 Å². The Morgan fingerprint density at radius 1 is 1.10 bits per heavy atom. The second-order valence-corrected chi connectivity index (χ2v) is 6.81. The average Bonchev–Trinajstić information content (AvgIpc) is 3.10. The highest BCUT2D eigenvalue weighted by Gasteiger charge is 2.14. The van der Waals surface area contributed by atoms with Crippen LogP contribution in [0.3, 0.4) is 0 Å². The van der Waals surface area contributed by atoms with E-state index < -0.39 is 0 Å². The molecule has 0 fully saturated rings. The zero-order valence-corrected chi connectivity index (χ0v) is 16.4. The van der Waals surface area contributed by atoms with Crippen molar-refractivity contribution >= 4 is 17.1 Å². The number of rotatable bonds is 6. The van der Waals surface area contributed by atoms with Crippen LogP contribution in [-0.2, 0) is 13.1 Å². The van der Waals surface area contributed by atoms with Crippen molar-refractivity contribution in [3.8, 4) is 5.75 Å². The van der Waals surface area contributed by atoms with Gasteiger partial charge in [-0.25, -0.2) is 9.97 Å². The summed E-state index contributed by atoms with van der Waals surface area (Å²) in [7, 11) is 1.65. The van der Waals surface area contributed by atoms with Crippen LogP contribution in [0.5, 0.6) is 5.75 Å². The topological polar surface area (TPSA) is 69.0 Å². The molecule has 146 valence electrons. The molecule has 0 radical (unpaired) electrons. The van der Waals surface area contributed by atoms with Crippen LogP contribution in [0.15, 0.2) is 66.9 Å². The number of nitrogens with one attached hydrogen (secondary N) is 1. The molecule has 0 aliphatic heterocycles. The van der Waals surface area contributed by atoms with E-state index in [1.54, 1.807) is 13.3 Å². The van der Waals surface area contributed by atoms with Crippen LogP contribution in [0, 0.1) is 6.92 Å². The third-order valence-corrected chi connectivity index (χ3v) is 4.85. The minimum Gasteiger partial charge on any atom is -0.497 e. The fraction of sp³-hybridized carbons (Fsp3) is 0.174. The molecule has 6 nitrogen and oxygen atoms in total. The molecule has 0 unspecified atom stereocenters. The zero-order valence-electron chi connectivity index (χ0n) is 16.4. The molecule has 2 aromatic carbocycles. The Morgan fingerprint density at radius 3 is 2.79 bits per heavy atom. The molecule has 29 heavy (non-hydrogen) atoms. The Balaban J connectivity index is 1.63. The molecule has 1 N–H and O–H groups in total. The van der Waals surface area contributed by atoms with Gasteiger partial charge < -0.3 is 14.6 Å². The zero-order chi connectivity index (χ0) is 20.2. The van der Waals surface area contributed by atoms with Gasteiger partial charge in [0.1, 0.15) is 17.1 Å². The van der Waals surface area contributed by atoms with Crippen LogP contribution < -0.4 is 10.1 Å². The standard InChI is InChI=1S/C23H22N4O2/c1-16-7-3-4-10-19(16)23(28)25-14-21-26-20-11-6-12-24-22(20)27(21)15-17-8-5-9-18(13-17)29-2/h3-13H,14-15H2,1-2H3,(H,25,28). The number of imidazole rings is 1. The number of pyridine rings is 1. The molecule has 0 atom stereocenters. The second kappa shape index (κ2) is 8.14. The minimum atomic E-state index is -0.115. The number of methoxy groups -OCH3 is 1. The molecule has 0 saturated carbocycles. The number of hydrogen-bond donors (Lipinski definition) is 1. The molecule has 4 rings (SSSR count). The number of hydrogen-bond acceptors (Lipinski definition) is 4. The van der Waals surface area contributed by atoms with Gasteiger partial charge in [-0.15, -0.1) is 0 Å². The van der Waals surface area contributed by atoms with Gasteiger partial charge in [0.15, 0.2) is 5.65 Å². The van der Waals surface area contributed by atoms with Crippen molar-refractivity contribution in [1.82, 2.24) is 19.9 Å². The SMILES string of the molecule is COc1cccc(Cn2c(CNC(=O)c3ccccc3C)nc3cccnc32)c1. The lowest BCUT2D eigenvalue weighted by molar-refractivity contribution is 0.0949. The summed E-state index contributed by atoms with van der Waals surface area (Å²) in [6.45, 7) is 2.82. The van der Waals surface area contributed by atoms with Crippen molar-refractivity contribution in [2.24, 2.45) is 0 Å². The van der Waals surface area contributed by atoms with Gasteiger partial charge in [0, 0.05) is 11.8 Å². The van der Waals surface area contributed by atoms with Crippen molar-refractivity contribution in [2.75, 3.05) is 7.11 Å². The van der Waals surface area contributed by atoms with E-state index in [0.717, 1.165) is 33.9 Å². The number of nitrogens with zero attached hydrogens (tertiary/aromatic N) is 3. The molecular weight excluding hydrogens is 364 g/mol. The van der Waals surface area contributed by atoms with E-state index >= 15 is 0 Å². The van der Waals surface area contributed by atoms with E-state index in [1.807, 2.05) is 72.2 Å². The Labute approximate surface area is 169 Å². The number of ether oxygens (including phenoxy) is 1. The summed E-state index contributed by atoms with van der Waals surface area (Å²) in [5.74, 6) is 1.44. The van der Waals surface area contributed by atoms with E-state index in [4.69, 9.17) is 9.72 Å². The van der Waals surface area contributed by atoms with Crippen LogP contribution in [-0.4, -0.2) is 27.6 Å². The predicted octanol–water partition coefficient (Wildman–Crippen LogP) is 3.73. The first kappa shape index (κ1) is 18.7. The molecule has 0 bridgehead atoms. The van der Waals surface area contributed by atoms with Crippen LogP contribution in [0.2, 0.25) is 0 Å². The minimum absolute atomic E-state index is 0.115. The predicted molar refractivity (Wildman–Crippen MR) is 112 cm³/mol. The summed E-state index contributed by atoms with van der Waals surface area (Å²) in [6.07, 6.45) is 1.75. The van der Waals surface area contributed by atoms with Gasteiger partial charge in [-0.3, -0.25) is 4.79 Å². The lowest BCUT2D eigenvalue weighted by atomic mass is 10.1. The summed E-state index contributed by atoms with van der Waals surface area (Å²) >= 11 is 0. The van der Waals surface area contributed by atoms with Gasteiger partial charge in [0.25, 0.3) is 5.91 Å². The summed E-state index contributed by atoms with van der Waals surface area (Å²) in [6, 6.07) is 19.2. The quantitative estimate of drug-likeness (QED) is 0.548. The van der Waals surface area contributed by atoms with Gasteiger partial charge in [-0.2, -0.15) is 0 Å². The summed E-state index contributed by atoms with van der Waals surface area (Å²) in [5, 5.41) is 2.99. The fourth-order valence-corrected chi connectivity index (χ4v) is 3.34. The largest absolute Gasteiger partial charge is 0.497 e. The Morgan fingerprint density at radius 2 is 1.97 bits per heavy atom. The maximum Gasteiger partial charge on any atom is 0.251 e. The number of fused-ring (bicyclic) bond motifs is 1. The number of aryl methyl sites for hydroxylation is 1. The number of carbonyl (C=O) groups excluding carboxylic acids is 1. The van der Waals surface area contributed by atoms with Crippen LogP contribution in [0.1, 0.15) is 27.3 Å². The van der Waals surface area contributed by atoms with Crippen molar-refractivity contribution in [3.63, 3.8) is 0 Å². The lowest BCUT2D eigenvalue weighted by Gasteiger charge is -2.11. The van der Waals surface area contributed by atoms with E-state index in [0.29, 0.717) is 18.7 Å². The van der Waals surface area contributed by atoms with Gasteiger partial charge in [0.05, 0.1) is 20.2 Å². The normalized spacial score (nSPS) is 10.8. The molecule has 0 saturated heterocycles. The van der Waals surface area contributed by atoms with Crippen LogP contribution >= 0.6 is 0 Å². The highest BCUT2D eigenvalue weighted by Crippen LogP contribution is 2.19. The van der Waals surface area contributed by atoms with E-state index in [1.165, 1.54) is 0 Å². The molecule has 0 aliphatic carbocycles. The lowest BCUT2D eigenvalue weighted by Crippen LogP contribution is -2.25. The first-order chi connectivity index (χ1) is 14.2. The van der Waals surface area contributed by atoms with Crippen molar-refractivity contribution in [3.05, 3.63) is 89.4 Å². The molecular formula is C23H22N4O2. The maximum atomic E-state index is 12.6. The Kier molecular flexibility index (Phi) is 5.24. The Bertz CT molecular complexity index is 1170. The highest BCUT2D eigenvalue weighted by molar-refractivity contribution is 5.95. The number of aromatic nitrogens is 3. The van der Waals surface area contributed by atoms with Gasteiger partial charge >= 0.3 is 0 Å². The van der Waals surface area contributed by atoms with E-state index in [2.05, 4.69) is 10.3 Å². The third kappa shape index (κ3) is 3.96. The smallest absolute Gasteiger partial charge is 0.251 e. The monoisotopic (exact) mass is 386 g/mol. The summed E-state index contributed by atoms with van der Waals surface area (Å²) in [5.41, 5.74) is 4.27. The second-order valence-electron chi connectivity index (χ2n) is 6.81. The fourth-order valence-electron chi connectivity index (χ4n) is 3.34. The highest BCUT2D eigenvalue weighted by atomic mass is 16.5. The maximum absolute atomic E-state index is 12.6. The molecule has 1 amide bonds. The van der Waals surface area contributed by atoms with Crippen molar-refractivity contribution < 1.29 is 9.53 Å². The number of amides is 1. The first-order valence-corrected chi connectivity index (χ1v) is 9.42. The molecule has 4 aromatic rings. The molecule has 2 aromatic heterocycles. The van der Waals surface area contributed by atoms with Crippen molar-refractivity contribution in [2.45, 2.75) is 20.0 Å².